The normalized spacial score (nSPS) is 12.2. The summed E-state index contributed by atoms with van der Waals surface area (Å²) in [6.07, 6.45) is 0. The summed E-state index contributed by atoms with van der Waals surface area (Å²) in [5.41, 5.74) is 7.29. The van der Waals surface area contributed by atoms with Gasteiger partial charge in [-0.05, 0) is 47.6 Å². The Hall–Kier alpha value is -3.72. The lowest BCUT2D eigenvalue weighted by molar-refractivity contribution is 0.668. The summed E-state index contributed by atoms with van der Waals surface area (Å²) in [7, 11) is 0. The van der Waals surface area contributed by atoms with Crippen molar-refractivity contribution in [2.45, 2.75) is 46.5 Å². The Morgan fingerprint density at radius 2 is 1.53 bits per heavy atom. The number of hydrogen-bond donors (Lipinski definition) is 0. The van der Waals surface area contributed by atoms with Crippen molar-refractivity contribution in [2.75, 3.05) is 0 Å². The van der Waals surface area contributed by atoms with E-state index in [1.165, 1.54) is 21.9 Å². The summed E-state index contributed by atoms with van der Waals surface area (Å²) in [4.78, 5) is 10.2. The number of hydrogen-bond acceptors (Lipinski definition) is 3. The average molecular weight is 445 g/mol. The Kier molecular flexibility index (Phi) is 4.70. The van der Waals surface area contributed by atoms with E-state index in [1.807, 2.05) is 0 Å². The van der Waals surface area contributed by atoms with E-state index < -0.39 is 0 Å². The first-order valence-corrected chi connectivity index (χ1v) is 12.1. The number of furan rings is 1. The number of aromatic nitrogens is 2. The van der Waals surface area contributed by atoms with Crippen molar-refractivity contribution in [1.82, 2.24) is 9.97 Å². The number of para-hydroxylation sites is 1. The first kappa shape index (κ1) is 20.9. The quantitative estimate of drug-likeness (QED) is 0.256. The van der Waals surface area contributed by atoms with Crippen LogP contribution in [0.2, 0.25) is 0 Å². The average Bonchev–Trinajstić information content (AvgIpc) is 3.21. The highest BCUT2D eigenvalue weighted by Crippen LogP contribution is 2.40. The van der Waals surface area contributed by atoms with E-state index in [2.05, 4.69) is 101 Å². The van der Waals surface area contributed by atoms with Crippen molar-refractivity contribution in [2.24, 2.45) is 0 Å². The molecule has 34 heavy (non-hydrogen) atoms. The van der Waals surface area contributed by atoms with Gasteiger partial charge in [0.25, 0.3) is 0 Å². The molecule has 6 aromatic rings. The van der Waals surface area contributed by atoms with Gasteiger partial charge in [0.1, 0.15) is 17.0 Å². The molecular formula is C31H28N2O. The third-order valence-corrected chi connectivity index (χ3v) is 6.90. The molecule has 0 fully saturated rings. The van der Waals surface area contributed by atoms with Crippen molar-refractivity contribution in [3.8, 4) is 11.3 Å². The van der Waals surface area contributed by atoms with E-state index in [0.29, 0.717) is 5.92 Å². The molecule has 0 atom stereocenters. The van der Waals surface area contributed by atoms with Crippen molar-refractivity contribution in [1.29, 1.82) is 0 Å². The van der Waals surface area contributed by atoms with Gasteiger partial charge in [0.05, 0.1) is 11.2 Å². The van der Waals surface area contributed by atoms with Crippen LogP contribution < -0.4 is 0 Å². The molecule has 3 heteroatoms. The van der Waals surface area contributed by atoms with Gasteiger partial charge >= 0.3 is 0 Å². The van der Waals surface area contributed by atoms with Crippen LogP contribution in [-0.4, -0.2) is 9.97 Å². The predicted molar refractivity (Wildman–Crippen MR) is 143 cm³/mol. The molecule has 6 rings (SSSR count). The van der Waals surface area contributed by atoms with Crippen LogP contribution in [-0.2, 0) is 0 Å². The molecule has 0 spiro atoms. The van der Waals surface area contributed by atoms with Crippen molar-refractivity contribution in [3.05, 3.63) is 83.7 Å². The number of rotatable bonds is 3. The lowest BCUT2D eigenvalue weighted by Crippen LogP contribution is -2.01. The number of aryl methyl sites for hydroxylation is 1. The molecule has 0 aliphatic carbocycles. The van der Waals surface area contributed by atoms with E-state index in [9.17, 15) is 0 Å². The van der Waals surface area contributed by atoms with E-state index in [-0.39, 0.29) is 5.92 Å². The summed E-state index contributed by atoms with van der Waals surface area (Å²) in [6, 6.07) is 23.7. The number of nitrogens with zero attached hydrogens (tertiary/aromatic N) is 2. The molecule has 0 bridgehead atoms. The second-order valence-corrected chi connectivity index (χ2v) is 9.91. The first-order chi connectivity index (χ1) is 16.4. The van der Waals surface area contributed by atoms with Gasteiger partial charge in [-0.1, -0.05) is 76.2 Å². The van der Waals surface area contributed by atoms with Crippen LogP contribution in [0.5, 0.6) is 0 Å². The molecule has 168 valence electrons. The molecule has 0 radical (unpaired) electrons. The van der Waals surface area contributed by atoms with Crippen molar-refractivity contribution >= 4 is 43.6 Å². The summed E-state index contributed by atoms with van der Waals surface area (Å²) < 4.78 is 6.53. The molecule has 4 aromatic carbocycles. The van der Waals surface area contributed by atoms with Crippen molar-refractivity contribution < 1.29 is 4.42 Å². The molecule has 3 nitrogen and oxygen atoms in total. The fraction of sp³-hybridized carbons (Fsp3) is 0.226. The standard InChI is InChI=1S/C31H28N2O/c1-17(2)21-13-14-22-23-10-7-11-25(30(23)34-26(22)16-21)28-24-15-12-20-9-6-8-19(5)27(20)29(24)33-31(32-28)18(3)4/h6-18H,1-5H3. The van der Waals surface area contributed by atoms with Gasteiger partial charge in [-0.3, -0.25) is 0 Å². The van der Waals surface area contributed by atoms with Crippen LogP contribution >= 0.6 is 0 Å². The van der Waals surface area contributed by atoms with Crippen LogP contribution in [0.1, 0.15) is 56.5 Å². The number of fused-ring (bicyclic) bond motifs is 6. The topological polar surface area (TPSA) is 38.9 Å². The molecular weight excluding hydrogens is 416 g/mol. The highest BCUT2D eigenvalue weighted by molar-refractivity contribution is 6.15. The van der Waals surface area contributed by atoms with Gasteiger partial charge in [-0.2, -0.15) is 0 Å². The summed E-state index contributed by atoms with van der Waals surface area (Å²) in [5.74, 6) is 1.52. The minimum absolute atomic E-state index is 0.214. The Labute approximate surface area is 199 Å². The summed E-state index contributed by atoms with van der Waals surface area (Å²) in [5, 5.41) is 5.73. The largest absolute Gasteiger partial charge is 0.455 e. The van der Waals surface area contributed by atoms with E-state index in [4.69, 9.17) is 14.4 Å². The molecule has 0 unspecified atom stereocenters. The monoisotopic (exact) mass is 444 g/mol. The van der Waals surface area contributed by atoms with Crippen LogP contribution in [0.25, 0.3) is 54.9 Å². The van der Waals surface area contributed by atoms with Gasteiger partial charge in [-0.15, -0.1) is 0 Å². The van der Waals surface area contributed by atoms with E-state index >= 15 is 0 Å². The van der Waals surface area contributed by atoms with Crippen LogP contribution in [0.15, 0.2) is 71.1 Å². The Morgan fingerprint density at radius 1 is 0.735 bits per heavy atom. The highest BCUT2D eigenvalue weighted by atomic mass is 16.3. The summed E-state index contributed by atoms with van der Waals surface area (Å²) in [6.45, 7) is 10.9. The predicted octanol–water partition coefficient (Wildman–Crippen LogP) is 8.90. The number of benzene rings is 4. The molecule has 2 aromatic heterocycles. The smallest absolute Gasteiger partial charge is 0.144 e. The Morgan fingerprint density at radius 3 is 2.32 bits per heavy atom. The Bertz CT molecular complexity index is 1720. The highest BCUT2D eigenvalue weighted by Gasteiger charge is 2.19. The molecule has 0 amide bonds. The lowest BCUT2D eigenvalue weighted by atomic mass is 9.97. The maximum atomic E-state index is 6.53. The molecule has 0 aliphatic rings. The van der Waals surface area contributed by atoms with Gasteiger partial charge in [0.2, 0.25) is 0 Å². The van der Waals surface area contributed by atoms with Gasteiger partial charge in [0.15, 0.2) is 0 Å². The second-order valence-electron chi connectivity index (χ2n) is 9.91. The maximum Gasteiger partial charge on any atom is 0.144 e. The van der Waals surface area contributed by atoms with Gasteiger partial charge in [0, 0.05) is 33.0 Å². The third-order valence-electron chi connectivity index (χ3n) is 6.90. The van der Waals surface area contributed by atoms with Crippen LogP contribution in [0, 0.1) is 6.92 Å². The molecule has 0 N–H and O–H groups in total. The SMILES string of the molecule is Cc1cccc2ccc3c(-c4cccc5c4oc4cc(C(C)C)ccc45)nc(C(C)C)nc3c12. The summed E-state index contributed by atoms with van der Waals surface area (Å²) >= 11 is 0. The third kappa shape index (κ3) is 3.11. The fourth-order valence-corrected chi connectivity index (χ4v) is 4.99. The lowest BCUT2D eigenvalue weighted by Gasteiger charge is -2.14. The van der Waals surface area contributed by atoms with Gasteiger partial charge in [-0.25, -0.2) is 9.97 Å². The van der Waals surface area contributed by atoms with Crippen LogP contribution in [0.4, 0.5) is 0 Å². The second kappa shape index (κ2) is 7.66. The minimum atomic E-state index is 0.214. The Balaban J connectivity index is 1.73. The first-order valence-electron chi connectivity index (χ1n) is 12.1. The molecule has 0 aliphatic heterocycles. The molecule has 2 heterocycles. The van der Waals surface area contributed by atoms with Crippen LogP contribution in [0.3, 0.4) is 0 Å². The fourth-order valence-electron chi connectivity index (χ4n) is 4.99. The molecule has 0 saturated heterocycles. The van der Waals surface area contributed by atoms with Gasteiger partial charge < -0.3 is 4.42 Å². The zero-order chi connectivity index (χ0) is 23.6. The minimum Gasteiger partial charge on any atom is -0.455 e. The van der Waals surface area contributed by atoms with E-state index in [1.54, 1.807) is 0 Å². The van der Waals surface area contributed by atoms with E-state index in [0.717, 1.165) is 49.9 Å². The molecule has 0 saturated carbocycles. The van der Waals surface area contributed by atoms with Crippen molar-refractivity contribution in [3.63, 3.8) is 0 Å². The zero-order valence-electron chi connectivity index (χ0n) is 20.3. The zero-order valence-corrected chi connectivity index (χ0v) is 20.3. The maximum absolute atomic E-state index is 6.53.